The van der Waals surface area contributed by atoms with E-state index in [1.54, 1.807) is 37.4 Å². The first-order valence-corrected chi connectivity index (χ1v) is 9.13. The zero-order valence-electron chi connectivity index (χ0n) is 15.9. The highest BCUT2D eigenvalue weighted by Gasteiger charge is 2.24. The number of carbonyl (C=O) groups excluding carboxylic acids is 2. The smallest absolute Gasteiger partial charge is 0.316 e. The molecular weight excluding hydrogens is 392 g/mol. The van der Waals surface area contributed by atoms with Gasteiger partial charge in [-0.3, -0.25) is 9.59 Å². The van der Waals surface area contributed by atoms with E-state index in [1.165, 1.54) is 4.90 Å². The molecule has 1 N–H and O–H groups in total. The van der Waals surface area contributed by atoms with Gasteiger partial charge in [-0.05, 0) is 35.9 Å². The second-order valence-electron chi connectivity index (χ2n) is 6.72. The molecule has 10 heteroatoms. The van der Waals surface area contributed by atoms with Crippen molar-refractivity contribution in [1.29, 1.82) is 0 Å². The normalized spacial score (nSPS) is 14.3. The van der Waals surface area contributed by atoms with Gasteiger partial charge in [-0.1, -0.05) is 11.2 Å². The molecule has 0 spiro atoms. The fraction of sp³-hybridized carbons (Fsp3) is 0.200. The topological polar surface area (TPSA) is 116 Å². The summed E-state index contributed by atoms with van der Waals surface area (Å²) < 4.78 is 21.2. The number of carbonyl (C=O) groups is 2. The van der Waals surface area contributed by atoms with E-state index < -0.39 is 5.91 Å². The second kappa shape index (κ2) is 7.07. The van der Waals surface area contributed by atoms with Crippen LogP contribution in [0.25, 0.3) is 11.4 Å². The zero-order valence-corrected chi connectivity index (χ0v) is 15.9. The lowest BCUT2D eigenvalue weighted by molar-refractivity contribution is -0.120. The van der Waals surface area contributed by atoms with Crippen molar-refractivity contribution in [2.24, 2.45) is 0 Å². The minimum Gasteiger partial charge on any atom is -0.482 e. The Kier molecular flexibility index (Phi) is 4.24. The summed E-state index contributed by atoms with van der Waals surface area (Å²) in [6.07, 6.45) is 0. The van der Waals surface area contributed by atoms with E-state index in [0.717, 1.165) is 5.56 Å². The summed E-state index contributed by atoms with van der Waals surface area (Å²) in [5.41, 5.74) is 2.10. The molecule has 0 aliphatic carbocycles. The van der Waals surface area contributed by atoms with E-state index in [2.05, 4.69) is 15.5 Å². The summed E-state index contributed by atoms with van der Waals surface area (Å²) in [5.74, 6) is 1.32. The van der Waals surface area contributed by atoms with Crippen LogP contribution in [0.5, 0.6) is 17.2 Å². The molecule has 0 atom stereocenters. The molecule has 0 saturated heterocycles. The number of nitrogens with one attached hydrogen (secondary N) is 1. The third kappa shape index (κ3) is 3.17. The van der Waals surface area contributed by atoms with Gasteiger partial charge in [-0.2, -0.15) is 4.98 Å². The average molecular weight is 408 g/mol. The molecule has 1 aromatic heterocycles. The van der Waals surface area contributed by atoms with Crippen molar-refractivity contribution < 1.29 is 28.3 Å². The van der Waals surface area contributed by atoms with Gasteiger partial charge in [0, 0.05) is 19.2 Å². The summed E-state index contributed by atoms with van der Waals surface area (Å²) in [5, 5.41) is 6.60. The first-order valence-electron chi connectivity index (χ1n) is 9.13. The maximum absolute atomic E-state index is 12.4. The first-order chi connectivity index (χ1) is 14.6. The largest absolute Gasteiger partial charge is 0.482 e. The Balaban J connectivity index is 1.28. The minimum absolute atomic E-state index is 0.0350. The van der Waals surface area contributed by atoms with Gasteiger partial charge < -0.3 is 29.0 Å². The Morgan fingerprint density at radius 3 is 2.87 bits per heavy atom. The summed E-state index contributed by atoms with van der Waals surface area (Å²) in [6, 6.07) is 10.6. The second-order valence-corrected chi connectivity index (χ2v) is 6.72. The van der Waals surface area contributed by atoms with E-state index in [9.17, 15) is 9.59 Å². The summed E-state index contributed by atoms with van der Waals surface area (Å²) in [7, 11) is 1.68. The van der Waals surface area contributed by atoms with Gasteiger partial charge in [0.05, 0.1) is 5.69 Å². The van der Waals surface area contributed by atoms with Gasteiger partial charge in [0.15, 0.2) is 18.1 Å². The Morgan fingerprint density at radius 1 is 1.10 bits per heavy atom. The standard InChI is InChI=1S/C20H16N4O6/c1-24-13-4-3-12(7-15(13)27-9-17(24)25)18-22-20(30-23-18)19(26)21-8-11-2-5-14-16(6-11)29-10-28-14/h2-7H,8-10H2,1H3,(H,21,26). The molecule has 0 bridgehead atoms. The fourth-order valence-electron chi connectivity index (χ4n) is 3.16. The Labute approximate surface area is 170 Å². The molecule has 2 amide bonds. The van der Waals surface area contributed by atoms with Crippen LogP contribution in [0.4, 0.5) is 5.69 Å². The molecule has 0 saturated carbocycles. The lowest BCUT2D eigenvalue weighted by Gasteiger charge is -2.25. The van der Waals surface area contributed by atoms with Crippen LogP contribution in [0.1, 0.15) is 16.2 Å². The fourth-order valence-corrected chi connectivity index (χ4v) is 3.16. The molecule has 2 aromatic carbocycles. The number of nitrogens with zero attached hydrogens (tertiary/aromatic N) is 3. The van der Waals surface area contributed by atoms with E-state index in [0.29, 0.717) is 28.5 Å². The zero-order chi connectivity index (χ0) is 20.7. The van der Waals surface area contributed by atoms with Gasteiger partial charge in [-0.15, -0.1) is 0 Å². The predicted octanol–water partition coefficient (Wildman–Crippen LogP) is 1.75. The summed E-state index contributed by atoms with van der Waals surface area (Å²) in [6.45, 7) is 0.420. The van der Waals surface area contributed by atoms with Crippen molar-refractivity contribution >= 4 is 17.5 Å². The van der Waals surface area contributed by atoms with Crippen LogP contribution >= 0.6 is 0 Å². The number of hydrogen-bond acceptors (Lipinski definition) is 8. The molecule has 0 fully saturated rings. The number of benzene rings is 2. The molecule has 10 nitrogen and oxygen atoms in total. The minimum atomic E-state index is -0.494. The lowest BCUT2D eigenvalue weighted by Crippen LogP contribution is -2.35. The van der Waals surface area contributed by atoms with Crippen molar-refractivity contribution in [1.82, 2.24) is 15.5 Å². The van der Waals surface area contributed by atoms with Crippen molar-refractivity contribution in [2.45, 2.75) is 6.54 Å². The van der Waals surface area contributed by atoms with Crippen LogP contribution in [0.15, 0.2) is 40.9 Å². The molecule has 2 aliphatic rings. The van der Waals surface area contributed by atoms with E-state index in [1.807, 2.05) is 6.07 Å². The Bertz CT molecular complexity index is 1160. The van der Waals surface area contributed by atoms with Gasteiger partial charge in [0.2, 0.25) is 12.6 Å². The number of ether oxygens (including phenoxy) is 3. The Morgan fingerprint density at radius 2 is 1.97 bits per heavy atom. The number of aromatic nitrogens is 2. The monoisotopic (exact) mass is 408 g/mol. The van der Waals surface area contributed by atoms with Crippen LogP contribution < -0.4 is 24.4 Å². The predicted molar refractivity (Wildman–Crippen MR) is 102 cm³/mol. The van der Waals surface area contributed by atoms with Gasteiger partial charge in [0.25, 0.3) is 5.91 Å². The van der Waals surface area contributed by atoms with Gasteiger partial charge in [-0.25, -0.2) is 0 Å². The van der Waals surface area contributed by atoms with Crippen LogP contribution in [0, 0.1) is 0 Å². The molecule has 152 valence electrons. The van der Waals surface area contributed by atoms with Gasteiger partial charge >= 0.3 is 11.8 Å². The van der Waals surface area contributed by atoms with Crippen LogP contribution in [-0.4, -0.2) is 42.4 Å². The molecular formula is C20H16N4O6. The lowest BCUT2D eigenvalue weighted by atomic mass is 10.1. The maximum atomic E-state index is 12.4. The van der Waals surface area contributed by atoms with Crippen molar-refractivity contribution in [3.63, 3.8) is 0 Å². The van der Waals surface area contributed by atoms with Crippen LogP contribution in [0.3, 0.4) is 0 Å². The molecule has 2 aliphatic heterocycles. The van der Waals surface area contributed by atoms with Crippen molar-refractivity contribution in [2.75, 3.05) is 25.3 Å². The molecule has 0 radical (unpaired) electrons. The first kappa shape index (κ1) is 18.0. The van der Waals surface area contributed by atoms with Crippen molar-refractivity contribution in [3.8, 4) is 28.6 Å². The maximum Gasteiger partial charge on any atom is 0.316 e. The van der Waals surface area contributed by atoms with Crippen LogP contribution in [-0.2, 0) is 11.3 Å². The average Bonchev–Trinajstić information content (AvgIpc) is 3.44. The summed E-state index contributed by atoms with van der Waals surface area (Å²) in [4.78, 5) is 29.8. The highest BCUT2D eigenvalue weighted by atomic mass is 16.7. The third-order valence-electron chi connectivity index (χ3n) is 4.81. The number of anilines is 1. The number of amides is 2. The molecule has 30 heavy (non-hydrogen) atoms. The number of likely N-dealkylation sites (N-methyl/N-ethyl adjacent to an activating group) is 1. The third-order valence-corrected chi connectivity index (χ3v) is 4.81. The summed E-state index contributed by atoms with van der Waals surface area (Å²) >= 11 is 0. The van der Waals surface area contributed by atoms with E-state index >= 15 is 0 Å². The Hall–Kier alpha value is -4.08. The highest BCUT2D eigenvalue weighted by Crippen LogP contribution is 2.35. The van der Waals surface area contributed by atoms with E-state index in [-0.39, 0.29) is 37.6 Å². The van der Waals surface area contributed by atoms with E-state index in [4.69, 9.17) is 18.7 Å². The SMILES string of the molecule is CN1C(=O)COc2cc(-c3noc(C(=O)NCc4ccc5c(c4)OCO5)n3)ccc21. The van der Waals surface area contributed by atoms with Crippen molar-refractivity contribution in [3.05, 3.63) is 47.9 Å². The number of hydrogen-bond donors (Lipinski definition) is 1. The quantitative estimate of drug-likeness (QED) is 0.694. The molecule has 0 unspecified atom stereocenters. The van der Waals surface area contributed by atoms with Gasteiger partial charge in [0.1, 0.15) is 5.75 Å². The highest BCUT2D eigenvalue weighted by molar-refractivity contribution is 5.97. The number of rotatable bonds is 4. The number of fused-ring (bicyclic) bond motifs is 2. The molecule has 5 rings (SSSR count). The molecule has 3 heterocycles. The molecule has 3 aromatic rings. The van der Waals surface area contributed by atoms with Crippen LogP contribution in [0.2, 0.25) is 0 Å².